The van der Waals surface area contributed by atoms with Gasteiger partial charge in [-0.15, -0.1) is 0 Å². The van der Waals surface area contributed by atoms with Crippen LogP contribution in [0, 0.1) is 11.8 Å². The first-order valence-electron chi connectivity index (χ1n) is 32.0. The number of rotatable bonds is 39. The first kappa shape index (κ1) is 79.2. The fourth-order valence-corrected chi connectivity index (χ4v) is 10.00. The maximum absolute atomic E-state index is 14.4. The lowest BCUT2D eigenvalue weighted by molar-refractivity contribution is -0.139. The molecule has 2 heterocycles. The summed E-state index contributed by atoms with van der Waals surface area (Å²) in [6.07, 6.45) is 2.63. The number of nitrogens with zero attached hydrogens (tertiary/aromatic N) is 3. The zero-order valence-corrected chi connectivity index (χ0v) is 55.5. The van der Waals surface area contributed by atoms with Gasteiger partial charge in [0.2, 0.25) is 70.9 Å². The molecule has 532 valence electrons. The van der Waals surface area contributed by atoms with Gasteiger partial charge in [0.15, 0.2) is 5.96 Å². The topological polar surface area (TPSA) is 537 Å². The third-order valence-electron chi connectivity index (χ3n) is 16.2. The maximum atomic E-state index is 14.4. The number of guanidine groups is 1. The maximum Gasteiger partial charge on any atom is 0.322 e. The number of aliphatic imine (C=N–C) groups is 1. The Hall–Kier alpha value is -10.2. The highest BCUT2D eigenvalue weighted by atomic mass is 16.4. The molecule has 1 aliphatic rings. The molecule has 4 rings (SSSR count). The Kier molecular flexibility index (Phi) is 32.3. The molecule has 34 heteroatoms. The summed E-state index contributed by atoms with van der Waals surface area (Å²) in [4.78, 5) is 187. The Labute approximate surface area is 561 Å². The van der Waals surface area contributed by atoms with Gasteiger partial charge in [-0.25, -0.2) is 4.98 Å². The van der Waals surface area contributed by atoms with Crippen LogP contribution in [0.25, 0.3) is 0 Å². The van der Waals surface area contributed by atoms with Crippen LogP contribution >= 0.6 is 0 Å². The molecule has 0 unspecified atom stereocenters. The van der Waals surface area contributed by atoms with Gasteiger partial charge in [-0.2, -0.15) is 0 Å². The number of aromatic hydroxyl groups is 1. The van der Waals surface area contributed by atoms with Crippen molar-refractivity contribution in [3.8, 4) is 5.75 Å². The first-order valence-corrected chi connectivity index (χ1v) is 32.0. The number of benzene rings is 2. The highest BCUT2D eigenvalue weighted by Gasteiger charge is 2.38. The number of aromatic amines is 1. The summed E-state index contributed by atoms with van der Waals surface area (Å²) < 4.78 is 0. The summed E-state index contributed by atoms with van der Waals surface area (Å²) >= 11 is 0. The van der Waals surface area contributed by atoms with Crippen LogP contribution in [0.3, 0.4) is 0 Å². The lowest BCUT2D eigenvalue weighted by atomic mass is 9.97. The number of likely N-dealkylation sites (tertiary alicyclic amines) is 1. The molecular formula is C63H94N18O16. The third kappa shape index (κ3) is 26.5. The van der Waals surface area contributed by atoms with Crippen molar-refractivity contribution in [3.63, 3.8) is 0 Å². The van der Waals surface area contributed by atoms with Crippen LogP contribution in [-0.4, -0.2) is 212 Å². The second-order valence-corrected chi connectivity index (χ2v) is 23.9. The lowest BCUT2D eigenvalue weighted by Gasteiger charge is -2.28. The minimum absolute atomic E-state index is 0.00423. The molecule has 21 N–H and O–H groups in total. The molecule has 0 spiro atoms. The number of imidazole rings is 1. The number of hydrogen-bond donors (Lipinski definition) is 18. The van der Waals surface area contributed by atoms with Crippen molar-refractivity contribution in [2.45, 2.75) is 173 Å². The van der Waals surface area contributed by atoms with Crippen molar-refractivity contribution in [3.05, 3.63) is 83.9 Å². The summed E-state index contributed by atoms with van der Waals surface area (Å²) in [5, 5.41) is 56.8. The molecule has 3 aromatic rings. The second-order valence-electron chi connectivity index (χ2n) is 23.9. The number of carboxylic acids is 1. The van der Waals surface area contributed by atoms with E-state index in [4.69, 9.17) is 22.3 Å². The van der Waals surface area contributed by atoms with Crippen molar-refractivity contribution in [2.24, 2.45) is 34.0 Å². The van der Waals surface area contributed by atoms with Crippen molar-refractivity contribution in [1.82, 2.24) is 73.4 Å². The number of H-pyrrole nitrogens is 1. The first-order chi connectivity index (χ1) is 45.9. The molecule has 1 aliphatic heterocycles. The number of carboxylic acid groups (broad SMARTS) is 1. The van der Waals surface area contributed by atoms with E-state index >= 15 is 0 Å². The summed E-state index contributed by atoms with van der Waals surface area (Å²) in [7, 11) is 0. The zero-order valence-electron chi connectivity index (χ0n) is 55.5. The average molecular weight is 1360 g/mol. The van der Waals surface area contributed by atoms with Gasteiger partial charge in [-0.3, -0.25) is 67.3 Å². The lowest BCUT2D eigenvalue weighted by Crippen LogP contribution is -2.60. The highest BCUT2D eigenvalue weighted by Crippen LogP contribution is 2.19. The van der Waals surface area contributed by atoms with Crippen molar-refractivity contribution >= 4 is 82.8 Å². The SMILES string of the molecule is CC[C@H](C)[C@H](N)C(=O)N[C@@H](Cc1cnc[nH]1)C(=O)N[C@H](C(=O)NCC(=O)N1CCC[C@H]1C(=O)NCC(=O)N[C@@H](CCCN=C(N)N)C(=O)N[C@@H](C)C(=O)N[C@@H](Cc1ccccc1)C(=O)N[C@@H](Cc1ccc(O)cc1)C(=O)N[C@@H](C)C(=O)N[C@H](C(=O)NCC(=O)O)[C@@H](C)O)[C@@H](C)CC. The summed E-state index contributed by atoms with van der Waals surface area (Å²) in [6.45, 7) is 8.99. The van der Waals surface area contributed by atoms with Gasteiger partial charge >= 0.3 is 5.97 Å². The standard InChI is InChI=1S/C63H94N18O16/c1-8-33(3)50(64)60(95)78-45(27-40-28-67-32-72-40)58(93)79-51(34(4)9-2)61(96)70-30-48(85)81-24-14-18-46(81)59(94)69-29-47(84)75-42(17-13-23-68-63(65)66)55(90)73-35(5)53(88)76-44(25-38-15-11-10-12-16-38)57(92)77-43(26-39-19-21-41(83)22-20-39)56(91)74-36(6)54(89)80-52(37(7)82)62(97)71-31-49(86)87/h10-12,15-16,19-22,28,32-37,42-46,50-52,82-83H,8-9,13-14,17-18,23-27,29-31,64H2,1-7H3,(H,67,72)(H,69,94)(H,70,96)(H,71,97)(H,73,90)(H,74,91)(H,75,84)(H,76,88)(H,77,92)(H,78,95)(H,79,93)(H,80,89)(H,86,87)(H4,65,66,68)/t33-,34-,35-,36-,37+,42-,43-,44-,45-,46-,50-,51-,52-/m0/s1. The van der Waals surface area contributed by atoms with Crippen LogP contribution in [-0.2, 0) is 81.6 Å². The summed E-state index contributed by atoms with van der Waals surface area (Å²) in [5.74, 6) is -12.2. The minimum Gasteiger partial charge on any atom is -0.508 e. The number of nitrogens with one attached hydrogen (secondary N) is 12. The summed E-state index contributed by atoms with van der Waals surface area (Å²) in [5.41, 5.74) is 18.7. The number of nitrogens with two attached hydrogens (primary N) is 3. The molecule has 97 heavy (non-hydrogen) atoms. The Bertz CT molecular complexity index is 3210. The predicted molar refractivity (Wildman–Crippen MR) is 351 cm³/mol. The van der Waals surface area contributed by atoms with E-state index in [1.807, 2.05) is 6.92 Å². The van der Waals surface area contributed by atoms with E-state index in [1.165, 1.54) is 62.5 Å². The van der Waals surface area contributed by atoms with E-state index in [9.17, 15) is 72.5 Å². The van der Waals surface area contributed by atoms with Gasteiger partial charge in [0.25, 0.3) is 0 Å². The van der Waals surface area contributed by atoms with E-state index in [0.717, 1.165) is 0 Å². The van der Waals surface area contributed by atoms with Crippen LogP contribution in [0.15, 0.2) is 72.1 Å². The molecule has 13 atom stereocenters. The zero-order chi connectivity index (χ0) is 72.1. The van der Waals surface area contributed by atoms with Crippen LogP contribution < -0.4 is 75.7 Å². The number of aliphatic hydroxyl groups excluding tert-OH is 1. The molecule has 0 aliphatic carbocycles. The van der Waals surface area contributed by atoms with Gasteiger partial charge in [-0.05, 0) is 81.5 Å². The molecule has 0 radical (unpaired) electrons. The Morgan fingerprint density at radius 3 is 1.71 bits per heavy atom. The monoisotopic (exact) mass is 1360 g/mol. The van der Waals surface area contributed by atoms with Crippen LogP contribution in [0.5, 0.6) is 5.75 Å². The van der Waals surface area contributed by atoms with Crippen molar-refractivity contribution < 1.29 is 77.6 Å². The number of hydrogen-bond acceptors (Lipinski definition) is 18. The molecule has 0 saturated carbocycles. The molecular weight excluding hydrogens is 1260 g/mol. The smallest absolute Gasteiger partial charge is 0.322 e. The van der Waals surface area contributed by atoms with E-state index in [2.05, 4.69) is 73.4 Å². The number of carbonyl (C=O) groups is 13. The van der Waals surface area contributed by atoms with Crippen molar-refractivity contribution in [1.29, 1.82) is 0 Å². The highest BCUT2D eigenvalue weighted by molar-refractivity contribution is 5.99. The quantitative estimate of drug-likeness (QED) is 0.0145. The largest absolute Gasteiger partial charge is 0.508 e. The molecule has 1 aromatic heterocycles. The van der Waals surface area contributed by atoms with Gasteiger partial charge in [-0.1, -0.05) is 83.0 Å². The Morgan fingerprint density at radius 2 is 1.13 bits per heavy atom. The molecule has 1 fully saturated rings. The van der Waals surface area contributed by atoms with E-state index < -0.39 is 169 Å². The van der Waals surface area contributed by atoms with E-state index in [-0.39, 0.29) is 69.2 Å². The summed E-state index contributed by atoms with van der Waals surface area (Å²) in [6, 6.07) is 0.911. The van der Waals surface area contributed by atoms with Gasteiger partial charge in [0, 0.05) is 44.2 Å². The van der Waals surface area contributed by atoms with Crippen molar-refractivity contribution in [2.75, 3.05) is 32.7 Å². The molecule has 0 bridgehead atoms. The molecule has 1 saturated heterocycles. The van der Waals surface area contributed by atoms with E-state index in [0.29, 0.717) is 36.1 Å². The normalized spacial score (nSPS) is 16.3. The predicted octanol–water partition coefficient (Wildman–Crippen LogP) is -4.66. The van der Waals surface area contributed by atoms with Crippen LogP contribution in [0.2, 0.25) is 0 Å². The van der Waals surface area contributed by atoms with Crippen LogP contribution in [0.1, 0.15) is 104 Å². The fourth-order valence-electron chi connectivity index (χ4n) is 10.00. The average Bonchev–Trinajstić information content (AvgIpc) is 1.31. The number of carbonyl (C=O) groups excluding carboxylic acids is 12. The number of phenols is 1. The molecule has 34 nitrogen and oxygen atoms in total. The number of aliphatic carboxylic acids is 1. The minimum atomic E-state index is -1.63. The molecule has 2 aromatic carbocycles. The third-order valence-corrected chi connectivity index (χ3v) is 16.2. The van der Waals surface area contributed by atoms with Gasteiger partial charge in [0.05, 0.1) is 31.6 Å². The second kappa shape index (κ2) is 39.6. The number of aliphatic hydroxyl groups is 1. The number of amides is 12. The van der Waals surface area contributed by atoms with Gasteiger partial charge < -0.3 is 101 Å². The number of aromatic nitrogens is 2. The fraction of sp³-hybridized carbons (Fsp3) is 0.540. The number of phenolic OH excluding ortho intramolecular Hbond substituents is 1. The Balaban J connectivity index is 1.44. The van der Waals surface area contributed by atoms with Crippen LogP contribution in [0.4, 0.5) is 0 Å². The van der Waals surface area contributed by atoms with Gasteiger partial charge in [0.1, 0.15) is 66.7 Å². The Morgan fingerprint density at radius 1 is 0.608 bits per heavy atom. The van der Waals surface area contributed by atoms with E-state index in [1.54, 1.807) is 51.1 Å². The molecule has 12 amide bonds.